The van der Waals surface area contributed by atoms with Crippen molar-refractivity contribution in [2.45, 2.75) is 13.8 Å². The predicted octanol–water partition coefficient (Wildman–Crippen LogP) is 3.32. The van der Waals surface area contributed by atoms with Crippen LogP contribution in [-0.4, -0.2) is 36.0 Å². The van der Waals surface area contributed by atoms with Gasteiger partial charge in [0, 0.05) is 25.0 Å². The molecule has 0 radical (unpaired) electrons. The number of nitrogens with zero attached hydrogens (tertiary/aromatic N) is 2. The molecule has 0 unspecified atom stereocenters. The number of benzene rings is 1. The highest BCUT2D eigenvalue weighted by Crippen LogP contribution is 2.20. The van der Waals surface area contributed by atoms with Crippen molar-refractivity contribution < 1.29 is 9.53 Å². The van der Waals surface area contributed by atoms with Gasteiger partial charge in [-0.2, -0.15) is 0 Å². The highest BCUT2D eigenvalue weighted by Gasteiger charge is 2.13. The fourth-order valence-corrected chi connectivity index (χ4v) is 2.16. The fraction of sp³-hybridized carbons (Fsp3) is 0.294. The van der Waals surface area contributed by atoms with Crippen LogP contribution in [-0.2, 0) is 0 Å². The molecule has 1 amide bonds. The molecule has 0 saturated heterocycles. The van der Waals surface area contributed by atoms with Gasteiger partial charge in [-0.3, -0.25) is 9.78 Å². The molecule has 5 heteroatoms. The van der Waals surface area contributed by atoms with Gasteiger partial charge in [0.25, 0.3) is 5.91 Å². The number of carbonyl (C=O) groups excluding carboxylic acids is 1. The quantitative estimate of drug-likeness (QED) is 0.889. The molecule has 0 atom stereocenters. The standard InChI is InChI=1S/C17H21N3O2/c1-4-20(5-2)17(21)13-10-15(12-18-11-13)19-14-6-8-16(22-3)9-7-14/h6-12,19H,4-5H2,1-3H3. The Balaban J connectivity index is 2.15. The number of rotatable bonds is 6. The fourth-order valence-electron chi connectivity index (χ4n) is 2.16. The van der Waals surface area contributed by atoms with E-state index in [0.29, 0.717) is 18.7 Å². The monoisotopic (exact) mass is 299 g/mol. The van der Waals surface area contributed by atoms with Gasteiger partial charge in [-0.15, -0.1) is 0 Å². The number of hydrogen-bond donors (Lipinski definition) is 1. The van der Waals surface area contributed by atoms with Gasteiger partial charge >= 0.3 is 0 Å². The second-order valence-corrected chi connectivity index (χ2v) is 4.79. The van der Waals surface area contributed by atoms with Gasteiger partial charge in [0.05, 0.1) is 24.6 Å². The van der Waals surface area contributed by atoms with E-state index in [-0.39, 0.29) is 5.91 Å². The summed E-state index contributed by atoms with van der Waals surface area (Å²) < 4.78 is 5.13. The summed E-state index contributed by atoms with van der Waals surface area (Å²) in [5.41, 5.74) is 2.28. The van der Waals surface area contributed by atoms with E-state index < -0.39 is 0 Å². The molecule has 0 saturated carbocycles. The molecule has 5 nitrogen and oxygen atoms in total. The first-order valence-electron chi connectivity index (χ1n) is 7.33. The third-order valence-corrected chi connectivity index (χ3v) is 3.41. The molecule has 0 spiro atoms. The molecule has 1 N–H and O–H groups in total. The van der Waals surface area contributed by atoms with Crippen LogP contribution in [0, 0.1) is 0 Å². The average Bonchev–Trinajstić information content (AvgIpc) is 2.57. The summed E-state index contributed by atoms with van der Waals surface area (Å²) in [7, 11) is 1.63. The Kier molecular flexibility index (Phi) is 5.36. The minimum absolute atomic E-state index is 0.00381. The summed E-state index contributed by atoms with van der Waals surface area (Å²) in [6.07, 6.45) is 3.29. The first kappa shape index (κ1) is 15.8. The van der Waals surface area contributed by atoms with Gasteiger partial charge in [0.2, 0.25) is 0 Å². The number of anilines is 2. The van der Waals surface area contributed by atoms with Gasteiger partial charge in [0.15, 0.2) is 0 Å². The summed E-state index contributed by atoms with van der Waals surface area (Å²) in [5.74, 6) is 0.796. The Morgan fingerprint density at radius 1 is 1.14 bits per heavy atom. The Morgan fingerprint density at radius 2 is 1.82 bits per heavy atom. The highest BCUT2D eigenvalue weighted by molar-refractivity contribution is 5.94. The second kappa shape index (κ2) is 7.45. The van der Waals surface area contributed by atoms with E-state index in [1.54, 1.807) is 24.4 Å². The smallest absolute Gasteiger partial charge is 0.255 e. The maximum Gasteiger partial charge on any atom is 0.255 e. The van der Waals surface area contributed by atoms with Crippen molar-refractivity contribution in [1.82, 2.24) is 9.88 Å². The number of amides is 1. The van der Waals surface area contributed by atoms with Crippen LogP contribution in [0.25, 0.3) is 0 Å². The molecule has 0 aliphatic heterocycles. The average molecular weight is 299 g/mol. The predicted molar refractivity (Wildman–Crippen MR) is 87.8 cm³/mol. The summed E-state index contributed by atoms with van der Waals surface area (Å²) in [5, 5.41) is 3.24. The van der Waals surface area contributed by atoms with E-state index >= 15 is 0 Å². The van der Waals surface area contributed by atoms with Crippen molar-refractivity contribution in [2.24, 2.45) is 0 Å². The zero-order valence-electron chi connectivity index (χ0n) is 13.2. The van der Waals surface area contributed by atoms with E-state index in [1.807, 2.05) is 44.2 Å². The van der Waals surface area contributed by atoms with E-state index in [1.165, 1.54) is 0 Å². The first-order valence-corrected chi connectivity index (χ1v) is 7.33. The van der Waals surface area contributed by atoms with Crippen LogP contribution in [0.2, 0.25) is 0 Å². The van der Waals surface area contributed by atoms with Crippen LogP contribution in [0.3, 0.4) is 0 Å². The van der Waals surface area contributed by atoms with Crippen LogP contribution in [0.1, 0.15) is 24.2 Å². The summed E-state index contributed by atoms with van der Waals surface area (Å²) in [6, 6.07) is 9.40. The third kappa shape index (κ3) is 3.75. The number of ether oxygens (including phenoxy) is 1. The van der Waals surface area contributed by atoms with E-state index in [2.05, 4.69) is 10.3 Å². The zero-order chi connectivity index (χ0) is 15.9. The molecule has 2 aromatic rings. The summed E-state index contributed by atoms with van der Waals surface area (Å²) in [4.78, 5) is 18.3. The molecular formula is C17H21N3O2. The van der Waals surface area contributed by atoms with Crippen molar-refractivity contribution >= 4 is 17.3 Å². The van der Waals surface area contributed by atoms with Crippen LogP contribution in [0.15, 0.2) is 42.7 Å². The molecule has 0 bridgehead atoms. The van der Waals surface area contributed by atoms with Crippen LogP contribution in [0.4, 0.5) is 11.4 Å². The highest BCUT2D eigenvalue weighted by atomic mass is 16.5. The molecule has 0 aliphatic rings. The SMILES string of the molecule is CCN(CC)C(=O)c1cncc(Nc2ccc(OC)cc2)c1. The van der Waals surface area contributed by atoms with Crippen LogP contribution >= 0.6 is 0 Å². The molecule has 2 rings (SSSR count). The number of pyridine rings is 1. The van der Waals surface area contributed by atoms with E-state index in [4.69, 9.17) is 4.74 Å². The van der Waals surface area contributed by atoms with Gasteiger partial charge in [-0.05, 0) is 44.2 Å². The van der Waals surface area contributed by atoms with Crippen molar-refractivity contribution in [1.29, 1.82) is 0 Å². The number of methoxy groups -OCH3 is 1. The largest absolute Gasteiger partial charge is 0.497 e. The Morgan fingerprint density at radius 3 is 2.41 bits per heavy atom. The third-order valence-electron chi connectivity index (χ3n) is 3.41. The van der Waals surface area contributed by atoms with Gasteiger partial charge < -0.3 is 15.0 Å². The van der Waals surface area contributed by atoms with Gasteiger partial charge in [-0.25, -0.2) is 0 Å². The lowest BCUT2D eigenvalue weighted by atomic mass is 10.2. The molecule has 0 aliphatic carbocycles. The molecule has 1 heterocycles. The summed E-state index contributed by atoms with van der Waals surface area (Å²) >= 11 is 0. The van der Waals surface area contributed by atoms with Gasteiger partial charge in [-0.1, -0.05) is 0 Å². The lowest BCUT2D eigenvalue weighted by molar-refractivity contribution is 0.0772. The summed E-state index contributed by atoms with van der Waals surface area (Å²) in [6.45, 7) is 5.31. The molecule has 116 valence electrons. The maximum absolute atomic E-state index is 12.3. The first-order chi connectivity index (χ1) is 10.7. The van der Waals surface area contributed by atoms with Crippen molar-refractivity contribution in [3.63, 3.8) is 0 Å². The van der Waals surface area contributed by atoms with Crippen molar-refractivity contribution in [3.05, 3.63) is 48.3 Å². The zero-order valence-corrected chi connectivity index (χ0v) is 13.2. The second-order valence-electron chi connectivity index (χ2n) is 4.79. The Hall–Kier alpha value is -2.56. The van der Waals surface area contributed by atoms with Crippen molar-refractivity contribution in [3.8, 4) is 5.75 Å². The molecule has 22 heavy (non-hydrogen) atoms. The topological polar surface area (TPSA) is 54.5 Å². The number of aromatic nitrogens is 1. The van der Waals surface area contributed by atoms with Crippen LogP contribution < -0.4 is 10.1 Å². The lowest BCUT2D eigenvalue weighted by Crippen LogP contribution is -2.30. The molecule has 1 aromatic heterocycles. The van der Waals surface area contributed by atoms with E-state index in [9.17, 15) is 4.79 Å². The lowest BCUT2D eigenvalue weighted by Gasteiger charge is -2.18. The Labute approximate surface area is 130 Å². The number of carbonyl (C=O) groups is 1. The normalized spacial score (nSPS) is 10.1. The Bertz CT molecular complexity index is 622. The van der Waals surface area contributed by atoms with Gasteiger partial charge in [0.1, 0.15) is 5.75 Å². The minimum Gasteiger partial charge on any atom is -0.497 e. The number of nitrogens with one attached hydrogen (secondary N) is 1. The minimum atomic E-state index is -0.00381. The van der Waals surface area contributed by atoms with Crippen LogP contribution in [0.5, 0.6) is 5.75 Å². The van der Waals surface area contributed by atoms with E-state index in [0.717, 1.165) is 17.1 Å². The number of hydrogen-bond acceptors (Lipinski definition) is 4. The molecule has 0 fully saturated rings. The maximum atomic E-state index is 12.3. The van der Waals surface area contributed by atoms with Crippen molar-refractivity contribution in [2.75, 3.05) is 25.5 Å². The molecule has 1 aromatic carbocycles. The molecular weight excluding hydrogens is 278 g/mol.